The molecule has 0 spiro atoms. The molecule has 0 fully saturated rings. The van der Waals surface area contributed by atoms with Gasteiger partial charge in [0.05, 0.1) is 17.2 Å². The first kappa shape index (κ1) is 16.9. The third kappa shape index (κ3) is 3.17. The Morgan fingerprint density at radius 3 is 2.64 bits per heavy atom. The maximum absolute atomic E-state index is 14.0. The van der Waals surface area contributed by atoms with Crippen LogP contribution in [0.5, 0.6) is 5.75 Å². The van der Waals surface area contributed by atoms with Gasteiger partial charge in [-0.2, -0.15) is 0 Å². The molecular formula is C18H17FN2O4. The van der Waals surface area contributed by atoms with Crippen LogP contribution >= 0.6 is 0 Å². The largest absolute Gasteiger partial charge is 0.478 e. The van der Waals surface area contributed by atoms with E-state index in [1.807, 2.05) is 13.8 Å². The van der Waals surface area contributed by atoms with Crippen LogP contribution < -0.4 is 9.64 Å². The van der Waals surface area contributed by atoms with E-state index < -0.39 is 16.8 Å². The number of nitro groups is 1. The van der Waals surface area contributed by atoms with E-state index in [9.17, 15) is 19.3 Å². The number of halogens is 1. The van der Waals surface area contributed by atoms with Crippen molar-refractivity contribution in [3.63, 3.8) is 0 Å². The number of hydrogen-bond donors (Lipinski definition) is 0. The zero-order valence-electron chi connectivity index (χ0n) is 13.8. The fourth-order valence-electron chi connectivity index (χ4n) is 2.77. The minimum absolute atomic E-state index is 0.0216. The average molecular weight is 344 g/mol. The van der Waals surface area contributed by atoms with Crippen molar-refractivity contribution in [3.05, 3.63) is 64.0 Å². The number of amides is 1. The Balaban J connectivity index is 2.07. The van der Waals surface area contributed by atoms with Crippen LogP contribution in [-0.2, 0) is 11.3 Å². The molecule has 1 heterocycles. The van der Waals surface area contributed by atoms with E-state index in [0.717, 1.165) is 0 Å². The monoisotopic (exact) mass is 344 g/mol. The molecule has 7 heteroatoms. The van der Waals surface area contributed by atoms with Crippen LogP contribution in [0.2, 0.25) is 0 Å². The quantitative estimate of drug-likeness (QED) is 0.626. The van der Waals surface area contributed by atoms with Crippen molar-refractivity contribution in [2.75, 3.05) is 4.90 Å². The zero-order valence-corrected chi connectivity index (χ0v) is 13.8. The molecule has 25 heavy (non-hydrogen) atoms. The lowest BCUT2D eigenvalue weighted by atomic mass is 10.0. The molecule has 0 unspecified atom stereocenters. The second-order valence-electron chi connectivity index (χ2n) is 6.21. The summed E-state index contributed by atoms with van der Waals surface area (Å²) in [5, 5.41) is 11.1. The fourth-order valence-corrected chi connectivity index (χ4v) is 2.77. The molecule has 1 atom stereocenters. The van der Waals surface area contributed by atoms with Crippen LogP contribution in [0.3, 0.4) is 0 Å². The van der Waals surface area contributed by atoms with E-state index in [4.69, 9.17) is 4.74 Å². The number of nitrogens with zero attached hydrogens (tertiary/aromatic N) is 2. The molecule has 3 rings (SSSR count). The number of carbonyl (C=O) groups excluding carboxylic acids is 1. The van der Waals surface area contributed by atoms with Gasteiger partial charge in [-0.15, -0.1) is 0 Å². The summed E-state index contributed by atoms with van der Waals surface area (Å²) in [7, 11) is 0. The highest BCUT2D eigenvalue weighted by molar-refractivity contribution is 6.00. The van der Waals surface area contributed by atoms with Crippen molar-refractivity contribution in [3.8, 4) is 5.75 Å². The van der Waals surface area contributed by atoms with E-state index in [-0.39, 0.29) is 29.7 Å². The van der Waals surface area contributed by atoms with Gasteiger partial charge in [-0.05, 0) is 18.1 Å². The highest BCUT2D eigenvalue weighted by Gasteiger charge is 2.37. The first-order valence-corrected chi connectivity index (χ1v) is 7.88. The van der Waals surface area contributed by atoms with Crippen LogP contribution in [0.4, 0.5) is 15.8 Å². The van der Waals surface area contributed by atoms with E-state index in [1.54, 1.807) is 18.2 Å². The van der Waals surface area contributed by atoms with Gasteiger partial charge in [-0.25, -0.2) is 4.39 Å². The number of rotatable bonds is 4. The number of anilines is 1. The molecule has 0 N–H and O–H groups in total. The van der Waals surface area contributed by atoms with Gasteiger partial charge >= 0.3 is 0 Å². The van der Waals surface area contributed by atoms with Crippen LogP contribution in [0.25, 0.3) is 0 Å². The summed E-state index contributed by atoms with van der Waals surface area (Å²) in [4.78, 5) is 24.7. The van der Waals surface area contributed by atoms with Crippen LogP contribution in [-0.4, -0.2) is 16.9 Å². The number of ether oxygens (including phenoxy) is 1. The van der Waals surface area contributed by atoms with E-state index in [0.29, 0.717) is 11.3 Å². The molecule has 0 saturated heterocycles. The number of fused-ring (bicyclic) bond motifs is 1. The lowest BCUT2D eigenvalue weighted by molar-refractivity contribution is -0.384. The first-order chi connectivity index (χ1) is 11.9. The first-order valence-electron chi connectivity index (χ1n) is 7.88. The third-order valence-corrected chi connectivity index (χ3v) is 4.10. The molecule has 2 aromatic rings. The fraction of sp³-hybridized carbons (Fsp3) is 0.278. The van der Waals surface area contributed by atoms with Gasteiger partial charge in [0.1, 0.15) is 11.6 Å². The van der Waals surface area contributed by atoms with Crippen molar-refractivity contribution < 1.29 is 18.8 Å². The standard InChI is InChI=1S/C18H17FN2O4/c1-11(2)17-18(22)20(10-12-5-3-4-6-14(12)19)15-9-13(21(23)24)7-8-16(15)25-17/h3-9,11,17H,10H2,1-2H3/t17-/m1/s1. The van der Waals surface area contributed by atoms with Gasteiger partial charge in [0.25, 0.3) is 11.6 Å². The smallest absolute Gasteiger partial charge is 0.271 e. The van der Waals surface area contributed by atoms with Crippen molar-refractivity contribution in [2.45, 2.75) is 26.5 Å². The maximum atomic E-state index is 14.0. The molecule has 130 valence electrons. The Kier molecular flexibility index (Phi) is 4.39. The van der Waals surface area contributed by atoms with Crippen LogP contribution in [0, 0.1) is 21.8 Å². The second kappa shape index (κ2) is 6.51. The molecule has 0 aliphatic carbocycles. The summed E-state index contributed by atoms with van der Waals surface area (Å²) in [6.45, 7) is 3.67. The third-order valence-electron chi connectivity index (χ3n) is 4.10. The van der Waals surface area contributed by atoms with E-state index in [2.05, 4.69) is 0 Å². The Morgan fingerprint density at radius 1 is 1.28 bits per heavy atom. The highest BCUT2D eigenvalue weighted by atomic mass is 19.1. The molecule has 0 bridgehead atoms. The minimum atomic E-state index is -0.722. The SMILES string of the molecule is CC(C)[C@H]1Oc2ccc([N+](=O)[O-])cc2N(Cc2ccccc2F)C1=O. The Morgan fingerprint density at radius 2 is 2.00 bits per heavy atom. The Bertz CT molecular complexity index is 838. The lowest BCUT2D eigenvalue weighted by Crippen LogP contribution is -2.48. The summed E-state index contributed by atoms with van der Waals surface area (Å²) in [6.07, 6.45) is -0.722. The van der Waals surface area contributed by atoms with Gasteiger partial charge in [0.2, 0.25) is 0 Å². The summed E-state index contributed by atoms with van der Waals surface area (Å²) >= 11 is 0. The van der Waals surface area contributed by atoms with Crippen LogP contribution in [0.15, 0.2) is 42.5 Å². The molecule has 1 aliphatic rings. The lowest BCUT2D eigenvalue weighted by Gasteiger charge is -2.36. The second-order valence-corrected chi connectivity index (χ2v) is 6.21. The number of non-ortho nitro benzene ring substituents is 1. The topological polar surface area (TPSA) is 72.7 Å². The molecule has 1 amide bonds. The molecule has 0 saturated carbocycles. The van der Waals surface area contributed by atoms with Crippen molar-refractivity contribution >= 4 is 17.3 Å². The summed E-state index contributed by atoms with van der Waals surface area (Å²) < 4.78 is 19.8. The number of carbonyl (C=O) groups is 1. The Labute approximate surface area is 144 Å². The molecule has 0 aromatic heterocycles. The van der Waals surface area contributed by atoms with E-state index in [1.165, 1.54) is 29.2 Å². The van der Waals surface area contributed by atoms with Crippen LogP contribution in [0.1, 0.15) is 19.4 Å². The van der Waals surface area contributed by atoms with Gasteiger partial charge in [0, 0.05) is 17.7 Å². The Hall–Kier alpha value is -2.96. The molecule has 1 aliphatic heterocycles. The predicted molar refractivity (Wildman–Crippen MR) is 89.9 cm³/mol. The predicted octanol–water partition coefficient (Wildman–Crippen LogP) is 3.68. The maximum Gasteiger partial charge on any atom is 0.271 e. The summed E-state index contributed by atoms with van der Waals surface area (Å²) in [6, 6.07) is 10.2. The number of hydrogen-bond acceptors (Lipinski definition) is 4. The molecule has 0 radical (unpaired) electrons. The van der Waals surface area contributed by atoms with Gasteiger partial charge in [-0.1, -0.05) is 32.0 Å². The highest BCUT2D eigenvalue weighted by Crippen LogP contribution is 2.39. The summed E-state index contributed by atoms with van der Waals surface area (Å²) in [5.74, 6) is -0.500. The van der Waals surface area contributed by atoms with E-state index >= 15 is 0 Å². The minimum Gasteiger partial charge on any atom is -0.478 e. The number of benzene rings is 2. The normalized spacial score (nSPS) is 16.6. The van der Waals surface area contributed by atoms with Crippen molar-refractivity contribution in [2.24, 2.45) is 5.92 Å². The van der Waals surface area contributed by atoms with Crippen molar-refractivity contribution in [1.82, 2.24) is 0 Å². The number of nitro benzene ring substituents is 1. The molecule has 6 nitrogen and oxygen atoms in total. The van der Waals surface area contributed by atoms with Gasteiger partial charge in [-0.3, -0.25) is 14.9 Å². The van der Waals surface area contributed by atoms with Gasteiger partial charge < -0.3 is 9.64 Å². The average Bonchev–Trinajstić information content (AvgIpc) is 2.58. The zero-order chi connectivity index (χ0) is 18.1. The molecular weight excluding hydrogens is 327 g/mol. The van der Waals surface area contributed by atoms with Gasteiger partial charge in [0.15, 0.2) is 6.10 Å². The van der Waals surface area contributed by atoms with Crippen molar-refractivity contribution in [1.29, 1.82) is 0 Å². The summed E-state index contributed by atoms with van der Waals surface area (Å²) in [5.41, 5.74) is 0.453. The molecule has 2 aromatic carbocycles.